The number of nitrogens with zero attached hydrogens (tertiary/aromatic N) is 5. The summed E-state index contributed by atoms with van der Waals surface area (Å²) >= 11 is 2.70. The molecule has 1 unspecified atom stereocenters. The lowest BCUT2D eigenvalue weighted by molar-refractivity contribution is -0.116. The molecule has 5 rings (SSSR count). The van der Waals surface area contributed by atoms with E-state index in [1.807, 2.05) is 36.7 Å². The Balaban J connectivity index is 1.41. The Morgan fingerprint density at radius 3 is 2.97 bits per heavy atom. The van der Waals surface area contributed by atoms with E-state index in [0.717, 1.165) is 46.0 Å². The molecule has 3 heterocycles. The number of nitrogens with one attached hydrogen (secondary N) is 1. The van der Waals surface area contributed by atoms with Crippen LogP contribution < -0.4 is 0 Å². The highest BCUT2D eigenvalue weighted by molar-refractivity contribution is 7.99. The molecule has 1 atom stereocenters. The van der Waals surface area contributed by atoms with Crippen LogP contribution in [0.2, 0.25) is 0 Å². The molecule has 0 radical (unpaired) electrons. The molecule has 0 spiro atoms. The van der Waals surface area contributed by atoms with Gasteiger partial charge < -0.3 is 4.98 Å². The van der Waals surface area contributed by atoms with Crippen molar-refractivity contribution in [3.05, 3.63) is 46.5 Å². The molecule has 7 nitrogen and oxygen atoms in total. The van der Waals surface area contributed by atoms with Crippen LogP contribution in [0.5, 0.6) is 0 Å². The van der Waals surface area contributed by atoms with E-state index in [9.17, 15) is 10.1 Å². The van der Waals surface area contributed by atoms with E-state index in [4.69, 9.17) is 0 Å². The highest BCUT2D eigenvalue weighted by Gasteiger charge is 2.32. The number of H-pyrrole nitrogens is 1. The van der Waals surface area contributed by atoms with Crippen molar-refractivity contribution in [1.82, 2.24) is 24.7 Å². The van der Waals surface area contributed by atoms with Gasteiger partial charge in [-0.05, 0) is 25.8 Å². The summed E-state index contributed by atoms with van der Waals surface area (Å²) in [6.45, 7) is 1.86. The first kappa shape index (κ1) is 19.0. The molecular formula is C21H18N6OS2. The topological polar surface area (TPSA) is 100 Å². The maximum atomic E-state index is 12.7. The second-order valence-corrected chi connectivity index (χ2v) is 9.13. The largest absolute Gasteiger partial charge is 0.360 e. The van der Waals surface area contributed by atoms with Crippen molar-refractivity contribution in [3.8, 4) is 17.5 Å². The number of aromatic nitrogens is 5. The number of hydrogen-bond acceptors (Lipinski definition) is 7. The van der Waals surface area contributed by atoms with Gasteiger partial charge in [0, 0.05) is 39.8 Å². The fourth-order valence-corrected chi connectivity index (χ4v) is 5.24. The van der Waals surface area contributed by atoms with Crippen molar-refractivity contribution in [2.24, 2.45) is 0 Å². The van der Waals surface area contributed by atoms with Crippen molar-refractivity contribution < 1.29 is 4.79 Å². The number of hydrogen-bond donors (Lipinski definition) is 1. The number of aromatic amines is 1. The number of carbonyl (C=O) groups is 1. The number of rotatable bonds is 7. The van der Waals surface area contributed by atoms with Crippen molar-refractivity contribution in [2.75, 3.05) is 5.75 Å². The van der Waals surface area contributed by atoms with E-state index in [-0.39, 0.29) is 11.5 Å². The van der Waals surface area contributed by atoms with E-state index in [1.165, 1.54) is 23.1 Å². The molecule has 1 aromatic carbocycles. The number of Topliss-reactive ketones (excluding diaryl/α,β-unsaturated/α-hetero) is 1. The van der Waals surface area contributed by atoms with E-state index >= 15 is 0 Å². The van der Waals surface area contributed by atoms with Crippen molar-refractivity contribution in [2.45, 2.75) is 36.9 Å². The standard InChI is InChI=1S/C21H18N6OS2/c1-12-10-29-20(24-12)15(8-22)18(28)11-30-21-26-25-19(27(21)13-6-7-13)16-9-23-17-5-3-2-4-14(16)17/h2-5,9-10,13,15,23H,6-7,11H2,1H3. The third-order valence-corrected chi connectivity index (χ3v) is 7.08. The summed E-state index contributed by atoms with van der Waals surface area (Å²) in [4.78, 5) is 20.3. The molecule has 1 N–H and O–H groups in total. The Hall–Kier alpha value is -2.96. The minimum absolute atomic E-state index is 0.157. The van der Waals surface area contributed by atoms with Gasteiger partial charge in [0.05, 0.1) is 11.8 Å². The molecular weight excluding hydrogens is 416 g/mol. The van der Waals surface area contributed by atoms with Crippen LogP contribution in [0.1, 0.15) is 35.5 Å². The smallest absolute Gasteiger partial charge is 0.192 e. The van der Waals surface area contributed by atoms with Crippen LogP contribution in [0.3, 0.4) is 0 Å². The first-order chi connectivity index (χ1) is 14.7. The lowest BCUT2D eigenvalue weighted by Gasteiger charge is -2.09. The minimum Gasteiger partial charge on any atom is -0.360 e. The first-order valence-electron chi connectivity index (χ1n) is 9.64. The van der Waals surface area contributed by atoms with E-state index < -0.39 is 5.92 Å². The fourth-order valence-electron chi connectivity index (χ4n) is 3.47. The van der Waals surface area contributed by atoms with Crippen LogP contribution in [-0.2, 0) is 4.79 Å². The maximum Gasteiger partial charge on any atom is 0.192 e. The van der Waals surface area contributed by atoms with Gasteiger partial charge in [-0.1, -0.05) is 30.0 Å². The van der Waals surface area contributed by atoms with Gasteiger partial charge in [-0.2, -0.15) is 5.26 Å². The number of aryl methyl sites for hydroxylation is 1. The number of para-hydroxylation sites is 1. The predicted octanol–water partition coefficient (Wildman–Crippen LogP) is 4.49. The highest BCUT2D eigenvalue weighted by atomic mass is 32.2. The third kappa shape index (κ3) is 3.42. The van der Waals surface area contributed by atoms with Gasteiger partial charge >= 0.3 is 0 Å². The fraction of sp³-hybridized carbons (Fsp3) is 0.286. The zero-order chi connectivity index (χ0) is 20.7. The normalized spacial score (nSPS) is 14.7. The Bertz CT molecular complexity index is 1280. The maximum absolute atomic E-state index is 12.7. The molecule has 9 heteroatoms. The molecule has 0 amide bonds. The lowest BCUT2D eigenvalue weighted by Crippen LogP contribution is -2.13. The summed E-state index contributed by atoms with van der Waals surface area (Å²) in [5.41, 5.74) is 2.89. The number of ketones is 1. The Morgan fingerprint density at radius 2 is 2.23 bits per heavy atom. The van der Waals surface area contributed by atoms with E-state index in [2.05, 4.69) is 36.9 Å². The number of thioether (sulfide) groups is 1. The van der Waals surface area contributed by atoms with Crippen LogP contribution in [0.15, 0.2) is 41.0 Å². The Labute approximate surface area is 181 Å². The summed E-state index contributed by atoms with van der Waals surface area (Å²) < 4.78 is 2.14. The molecule has 0 aliphatic heterocycles. The number of carbonyl (C=O) groups excluding carboxylic acids is 1. The van der Waals surface area contributed by atoms with Crippen molar-refractivity contribution in [3.63, 3.8) is 0 Å². The first-order valence-corrected chi connectivity index (χ1v) is 11.5. The molecule has 1 aliphatic carbocycles. The number of fused-ring (bicyclic) bond motifs is 1. The predicted molar refractivity (Wildman–Crippen MR) is 117 cm³/mol. The molecule has 1 saturated carbocycles. The number of nitriles is 1. The molecule has 0 saturated heterocycles. The van der Waals surface area contributed by atoms with Crippen LogP contribution >= 0.6 is 23.1 Å². The van der Waals surface area contributed by atoms with Gasteiger partial charge in [0.2, 0.25) is 0 Å². The lowest BCUT2D eigenvalue weighted by atomic mass is 10.1. The van der Waals surface area contributed by atoms with Gasteiger partial charge in [0.15, 0.2) is 22.7 Å². The van der Waals surface area contributed by atoms with Gasteiger partial charge in [-0.3, -0.25) is 9.36 Å². The molecule has 1 aliphatic rings. The highest BCUT2D eigenvalue weighted by Crippen LogP contribution is 2.42. The van der Waals surface area contributed by atoms with Gasteiger partial charge in [-0.15, -0.1) is 21.5 Å². The second-order valence-electron chi connectivity index (χ2n) is 7.30. The monoisotopic (exact) mass is 434 g/mol. The summed E-state index contributed by atoms with van der Waals surface area (Å²) in [6, 6.07) is 10.6. The van der Waals surface area contributed by atoms with Crippen LogP contribution in [0.25, 0.3) is 22.3 Å². The van der Waals surface area contributed by atoms with E-state index in [1.54, 1.807) is 0 Å². The van der Waals surface area contributed by atoms with Gasteiger partial charge in [0.1, 0.15) is 5.01 Å². The molecule has 4 aromatic rings. The quantitative estimate of drug-likeness (QED) is 0.430. The van der Waals surface area contributed by atoms with Crippen molar-refractivity contribution in [1.29, 1.82) is 5.26 Å². The summed E-state index contributed by atoms with van der Waals surface area (Å²) in [7, 11) is 0. The summed E-state index contributed by atoms with van der Waals surface area (Å²) in [5, 5.41) is 22.6. The minimum atomic E-state index is -0.832. The molecule has 3 aromatic heterocycles. The average molecular weight is 435 g/mol. The van der Waals surface area contributed by atoms with E-state index in [0.29, 0.717) is 11.0 Å². The SMILES string of the molecule is Cc1csc(C(C#N)C(=O)CSc2nnc(-c3c[nH]c4ccccc34)n2C2CC2)n1. The van der Waals surface area contributed by atoms with Crippen LogP contribution in [0, 0.1) is 18.3 Å². The summed E-state index contributed by atoms with van der Waals surface area (Å²) in [6.07, 6.45) is 4.12. The molecule has 0 bridgehead atoms. The zero-order valence-corrected chi connectivity index (χ0v) is 17.8. The molecule has 1 fully saturated rings. The van der Waals surface area contributed by atoms with Crippen molar-refractivity contribution >= 4 is 39.8 Å². The molecule has 150 valence electrons. The van der Waals surface area contributed by atoms with Gasteiger partial charge in [-0.25, -0.2) is 4.98 Å². The Morgan fingerprint density at radius 1 is 1.40 bits per heavy atom. The van der Waals surface area contributed by atoms with Crippen LogP contribution in [-0.4, -0.2) is 36.3 Å². The average Bonchev–Trinajstić information content (AvgIpc) is 3.16. The number of thiazole rings is 1. The molecule has 30 heavy (non-hydrogen) atoms. The zero-order valence-electron chi connectivity index (χ0n) is 16.2. The van der Waals surface area contributed by atoms with Crippen LogP contribution in [0.4, 0.5) is 0 Å². The number of benzene rings is 1. The van der Waals surface area contributed by atoms with Gasteiger partial charge in [0.25, 0.3) is 0 Å². The third-order valence-electron chi connectivity index (χ3n) is 5.09. The Kier molecular flexibility index (Phi) is 4.89. The second kappa shape index (κ2) is 7.70. The summed E-state index contributed by atoms with van der Waals surface area (Å²) in [5.74, 6) is -0.00927.